The molecule has 0 unspecified atom stereocenters. The lowest BCUT2D eigenvalue weighted by atomic mass is 9.66. The van der Waals surface area contributed by atoms with Crippen molar-refractivity contribution >= 4 is 17.7 Å². The van der Waals surface area contributed by atoms with Gasteiger partial charge in [-0.15, -0.1) is 5.10 Å². The molecule has 0 bridgehead atoms. The van der Waals surface area contributed by atoms with Crippen LogP contribution in [0, 0.1) is 17.2 Å². The van der Waals surface area contributed by atoms with Crippen LogP contribution in [0.1, 0.15) is 93.7 Å². The van der Waals surface area contributed by atoms with Gasteiger partial charge < -0.3 is 20.0 Å². The minimum Gasteiger partial charge on any atom is -0.345 e. The van der Waals surface area contributed by atoms with Crippen LogP contribution in [0.15, 0.2) is 36.4 Å². The van der Waals surface area contributed by atoms with Gasteiger partial charge in [-0.1, -0.05) is 25.0 Å². The lowest BCUT2D eigenvalue weighted by molar-refractivity contribution is -0.130. The highest BCUT2D eigenvalue weighted by molar-refractivity contribution is 5.95. The number of likely N-dealkylation sites (tertiary alicyclic amines) is 1. The molecule has 3 amide bonds. The molecule has 252 valence electrons. The summed E-state index contributed by atoms with van der Waals surface area (Å²) in [6.07, 6.45) is 7.72. The standard InChI is InChI=1S/C36H45N9O3/c1-43(2)33(47)26-13-15-29-24(18-26)11-12-25-19-27(34(48)44(3)4)14-16-30(25)36(29,35-39-41-42-40-35)20-31(23-8-5-6-9-23)38-22-32(46)45-17-7-10-28(45)21-37/h13-16,18-19,23,28,31,38H,5-12,17,20,22H2,1-4H3,(H,39,40,41,42)/t28-,31+/m0/s1. The van der Waals surface area contributed by atoms with Crippen LogP contribution in [0.5, 0.6) is 0 Å². The van der Waals surface area contributed by atoms with E-state index in [2.05, 4.69) is 32.0 Å². The second-order valence-electron chi connectivity index (χ2n) is 13.9. The van der Waals surface area contributed by atoms with Crippen LogP contribution >= 0.6 is 0 Å². The second-order valence-corrected chi connectivity index (χ2v) is 13.9. The number of amides is 3. The largest absolute Gasteiger partial charge is 0.345 e. The van der Waals surface area contributed by atoms with Gasteiger partial charge in [0.2, 0.25) is 5.91 Å². The molecule has 0 spiro atoms. The predicted molar refractivity (Wildman–Crippen MR) is 179 cm³/mol. The molecule has 12 heteroatoms. The van der Waals surface area contributed by atoms with E-state index in [0.717, 1.165) is 54.4 Å². The molecule has 0 radical (unpaired) electrons. The predicted octanol–water partition coefficient (Wildman–Crippen LogP) is 3.09. The number of fused-ring (bicyclic) bond motifs is 2. The van der Waals surface area contributed by atoms with Crippen LogP contribution in [-0.4, -0.2) is 106 Å². The van der Waals surface area contributed by atoms with Gasteiger partial charge in [0.25, 0.3) is 11.8 Å². The highest BCUT2D eigenvalue weighted by atomic mass is 16.2. The third kappa shape index (κ3) is 6.19. The van der Waals surface area contributed by atoms with Gasteiger partial charge in [0.15, 0.2) is 5.82 Å². The van der Waals surface area contributed by atoms with E-state index in [0.29, 0.717) is 55.1 Å². The summed E-state index contributed by atoms with van der Waals surface area (Å²) >= 11 is 0. The number of carbonyl (C=O) groups excluding carboxylic acids is 3. The number of nitrogens with one attached hydrogen (secondary N) is 2. The average molecular weight is 652 g/mol. The Hall–Kier alpha value is -4.63. The molecule has 2 aliphatic carbocycles. The number of hydrogen-bond acceptors (Lipinski definition) is 8. The van der Waals surface area contributed by atoms with E-state index in [9.17, 15) is 19.6 Å². The first-order chi connectivity index (χ1) is 23.1. The number of nitrogens with zero attached hydrogens (tertiary/aromatic N) is 7. The monoisotopic (exact) mass is 651 g/mol. The van der Waals surface area contributed by atoms with Crippen LogP contribution in [-0.2, 0) is 23.1 Å². The van der Waals surface area contributed by atoms with Gasteiger partial charge in [-0.3, -0.25) is 14.4 Å². The molecule has 2 N–H and O–H groups in total. The van der Waals surface area contributed by atoms with Gasteiger partial charge in [0.05, 0.1) is 18.0 Å². The van der Waals surface area contributed by atoms with Gasteiger partial charge >= 0.3 is 0 Å². The number of rotatable bonds is 9. The number of nitriles is 1. The quantitative estimate of drug-likeness (QED) is 0.358. The molecular formula is C36H45N9O3. The molecule has 2 atom stereocenters. The van der Waals surface area contributed by atoms with Crippen LogP contribution in [0.25, 0.3) is 0 Å². The molecule has 12 nitrogen and oxygen atoms in total. The van der Waals surface area contributed by atoms with Gasteiger partial charge in [-0.2, -0.15) is 5.26 Å². The number of aryl methyl sites for hydroxylation is 2. The number of aromatic nitrogens is 4. The Morgan fingerprint density at radius 1 is 0.958 bits per heavy atom. The Labute approximate surface area is 281 Å². The van der Waals surface area contributed by atoms with Crippen molar-refractivity contribution in [2.75, 3.05) is 41.3 Å². The molecule has 1 saturated carbocycles. The van der Waals surface area contributed by atoms with Crippen molar-refractivity contribution in [3.63, 3.8) is 0 Å². The highest BCUT2D eigenvalue weighted by Crippen LogP contribution is 2.48. The number of hydrogen-bond donors (Lipinski definition) is 2. The molecule has 3 aromatic rings. The SMILES string of the molecule is CN(C)C(=O)c1ccc2c(c1)CCc1cc(C(=O)N(C)C)ccc1C2(C[C@@H](NCC(=O)N1CCC[C@H]1C#N)C1CCCC1)c1nnn[nH]1. The number of benzene rings is 2. The van der Waals surface area contributed by atoms with E-state index in [1.165, 1.54) is 0 Å². The van der Waals surface area contributed by atoms with Gasteiger partial charge in [-0.05, 0) is 108 Å². The molecule has 2 fully saturated rings. The van der Waals surface area contributed by atoms with E-state index in [-0.39, 0.29) is 36.3 Å². The maximum absolute atomic E-state index is 13.5. The van der Waals surface area contributed by atoms with Gasteiger partial charge in [0, 0.05) is 51.9 Å². The van der Waals surface area contributed by atoms with Crippen molar-refractivity contribution in [1.82, 2.24) is 40.6 Å². The number of carbonyl (C=O) groups is 3. The van der Waals surface area contributed by atoms with Crippen molar-refractivity contribution in [2.45, 2.75) is 75.3 Å². The van der Waals surface area contributed by atoms with Crippen LogP contribution < -0.4 is 5.32 Å². The molecular weight excluding hydrogens is 606 g/mol. The smallest absolute Gasteiger partial charge is 0.253 e. The van der Waals surface area contributed by atoms with Crippen molar-refractivity contribution in [1.29, 1.82) is 5.26 Å². The maximum atomic E-state index is 13.5. The lowest BCUT2D eigenvalue weighted by Gasteiger charge is -2.39. The fourth-order valence-corrected chi connectivity index (χ4v) is 8.16. The first-order valence-corrected chi connectivity index (χ1v) is 17.0. The zero-order valence-corrected chi connectivity index (χ0v) is 28.3. The van der Waals surface area contributed by atoms with E-state index in [4.69, 9.17) is 0 Å². The number of aromatic amines is 1. The zero-order valence-electron chi connectivity index (χ0n) is 28.3. The average Bonchev–Trinajstić information content (AvgIpc) is 3.89. The minimum absolute atomic E-state index is 0.0576. The summed E-state index contributed by atoms with van der Waals surface area (Å²) in [5.74, 6) is 0.678. The van der Waals surface area contributed by atoms with Gasteiger partial charge in [0.1, 0.15) is 6.04 Å². The number of tetrazole rings is 1. The van der Waals surface area contributed by atoms with E-state index < -0.39 is 5.41 Å². The summed E-state index contributed by atoms with van der Waals surface area (Å²) in [7, 11) is 6.99. The molecule has 3 aliphatic rings. The zero-order chi connectivity index (χ0) is 34.0. The second kappa shape index (κ2) is 13.8. The molecule has 1 saturated heterocycles. The van der Waals surface area contributed by atoms with Gasteiger partial charge in [-0.25, -0.2) is 5.10 Å². The topological polar surface area (TPSA) is 151 Å². The maximum Gasteiger partial charge on any atom is 0.253 e. The number of H-pyrrole nitrogens is 1. The summed E-state index contributed by atoms with van der Waals surface area (Å²) in [6, 6.07) is 13.7. The lowest BCUT2D eigenvalue weighted by Crippen LogP contribution is -2.48. The molecule has 2 aromatic carbocycles. The Kier molecular flexibility index (Phi) is 9.60. The van der Waals surface area contributed by atoms with E-state index in [1.54, 1.807) is 42.9 Å². The molecule has 48 heavy (non-hydrogen) atoms. The van der Waals surface area contributed by atoms with Crippen molar-refractivity contribution in [2.24, 2.45) is 5.92 Å². The third-order valence-corrected chi connectivity index (χ3v) is 10.6. The Balaban J connectivity index is 1.50. The molecule has 1 aliphatic heterocycles. The summed E-state index contributed by atoms with van der Waals surface area (Å²) in [4.78, 5) is 44.6. The molecule has 1 aromatic heterocycles. The normalized spacial score (nSPS) is 19.1. The Bertz CT molecular complexity index is 1630. The van der Waals surface area contributed by atoms with Crippen molar-refractivity contribution < 1.29 is 14.4 Å². The fourth-order valence-electron chi connectivity index (χ4n) is 8.16. The van der Waals surface area contributed by atoms with Crippen LogP contribution in [0.2, 0.25) is 0 Å². The van der Waals surface area contributed by atoms with Crippen LogP contribution in [0.4, 0.5) is 0 Å². The van der Waals surface area contributed by atoms with E-state index in [1.807, 2.05) is 36.4 Å². The van der Waals surface area contributed by atoms with Crippen molar-refractivity contribution in [3.05, 3.63) is 75.6 Å². The summed E-state index contributed by atoms with van der Waals surface area (Å²) in [5.41, 5.74) is 4.37. The first-order valence-electron chi connectivity index (χ1n) is 17.0. The molecule has 6 rings (SSSR count). The summed E-state index contributed by atoms with van der Waals surface area (Å²) in [5, 5.41) is 29.1. The molecule has 2 heterocycles. The highest BCUT2D eigenvalue weighted by Gasteiger charge is 2.47. The minimum atomic E-state index is -0.879. The Morgan fingerprint density at radius 2 is 1.56 bits per heavy atom. The fraction of sp³-hybridized carbons (Fsp3) is 0.528. The first kappa shape index (κ1) is 33.3. The van der Waals surface area contributed by atoms with E-state index >= 15 is 0 Å². The Morgan fingerprint density at radius 3 is 2.08 bits per heavy atom. The van der Waals surface area contributed by atoms with Crippen LogP contribution in [0.3, 0.4) is 0 Å². The van der Waals surface area contributed by atoms with Crippen molar-refractivity contribution in [3.8, 4) is 6.07 Å². The third-order valence-electron chi connectivity index (χ3n) is 10.6. The summed E-state index contributed by atoms with van der Waals surface area (Å²) in [6.45, 7) is 0.736. The summed E-state index contributed by atoms with van der Waals surface area (Å²) < 4.78 is 0.